The Hall–Kier alpha value is -2.65. The van der Waals surface area contributed by atoms with Crippen molar-refractivity contribution in [1.29, 1.82) is 0 Å². The lowest BCUT2D eigenvalue weighted by molar-refractivity contribution is -0.119. The average molecular weight is 391 g/mol. The summed E-state index contributed by atoms with van der Waals surface area (Å²) < 4.78 is 33.0. The van der Waals surface area contributed by atoms with Crippen LogP contribution in [-0.4, -0.2) is 19.3 Å². The van der Waals surface area contributed by atoms with Crippen LogP contribution in [0.25, 0.3) is 0 Å². The van der Waals surface area contributed by atoms with E-state index in [1.807, 2.05) is 0 Å². The van der Waals surface area contributed by atoms with Gasteiger partial charge in [-0.1, -0.05) is 6.07 Å². The molecule has 26 heavy (non-hydrogen) atoms. The molecule has 3 aromatic rings. The van der Waals surface area contributed by atoms with E-state index in [-0.39, 0.29) is 23.2 Å². The van der Waals surface area contributed by atoms with E-state index in [4.69, 9.17) is 4.42 Å². The summed E-state index contributed by atoms with van der Waals surface area (Å²) in [7, 11) is -3.83. The number of thiophene rings is 1. The predicted octanol–water partition coefficient (Wildman–Crippen LogP) is 2.77. The van der Waals surface area contributed by atoms with Gasteiger partial charge in [0.2, 0.25) is 5.91 Å². The Morgan fingerprint density at radius 3 is 2.73 bits per heavy atom. The quantitative estimate of drug-likeness (QED) is 0.668. The molecular formula is C17H17N3O4S2. The van der Waals surface area contributed by atoms with Crippen LogP contribution in [0.2, 0.25) is 0 Å². The van der Waals surface area contributed by atoms with Crippen molar-refractivity contribution in [3.8, 4) is 0 Å². The second kappa shape index (κ2) is 7.71. The molecule has 136 valence electrons. The highest BCUT2D eigenvalue weighted by molar-refractivity contribution is 7.94. The Bertz CT molecular complexity index is 967. The van der Waals surface area contributed by atoms with E-state index in [9.17, 15) is 13.2 Å². The van der Waals surface area contributed by atoms with Crippen molar-refractivity contribution in [3.63, 3.8) is 0 Å². The molecule has 0 bridgehead atoms. The number of carbonyl (C=O) groups is 1. The van der Waals surface area contributed by atoms with Crippen LogP contribution in [0.4, 0.5) is 5.82 Å². The van der Waals surface area contributed by atoms with E-state index in [1.54, 1.807) is 36.4 Å². The van der Waals surface area contributed by atoms with Gasteiger partial charge >= 0.3 is 0 Å². The summed E-state index contributed by atoms with van der Waals surface area (Å²) in [6, 6.07) is 11.7. The number of anilines is 1. The number of pyridine rings is 1. The second-order valence-electron chi connectivity index (χ2n) is 5.41. The van der Waals surface area contributed by atoms with Crippen LogP contribution in [0.15, 0.2) is 63.6 Å². The summed E-state index contributed by atoms with van der Waals surface area (Å²) in [5.41, 5.74) is 0. The van der Waals surface area contributed by atoms with Gasteiger partial charge in [-0.05, 0) is 36.4 Å². The third kappa shape index (κ3) is 4.12. The second-order valence-corrected chi connectivity index (χ2v) is 8.67. The molecule has 7 nitrogen and oxygen atoms in total. The van der Waals surface area contributed by atoms with Gasteiger partial charge in [-0.2, -0.15) is 0 Å². The molecule has 0 spiro atoms. The fourth-order valence-corrected chi connectivity index (χ4v) is 5.04. The van der Waals surface area contributed by atoms with Crippen LogP contribution in [0, 0.1) is 0 Å². The van der Waals surface area contributed by atoms with Crippen molar-refractivity contribution in [2.24, 2.45) is 0 Å². The Balaban J connectivity index is 1.93. The normalized spacial score (nSPS) is 11.3. The summed E-state index contributed by atoms with van der Waals surface area (Å²) >= 11 is 1.11. The molecule has 0 atom stereocenters. The molecule has 3 heterocycles. The minimum Gasteiger partial charge on any atom is -0.467 e. The highest BCUT2D eigenvalue weighted by atomic mass is 32.2. The lowest BCUT2D eigenvalue weighted by Crippen LogP contribution is -2.30. The molecular weight excluding hydrogens is 374 g/mol. The maximum absolute atomic E-state index is 13.2. The molecule has 0 aliphatic carbocycles. The number of hydrogen-bond acceptors (Lipinski definition) is 6. The van der Waals surface area contributed by atoms with Crippen molar-refractivity contribution in [3.05, 3.63) is 65.6 Å². The van der Waals surface area contributed by atoms with Gasteiger partial charge in [-0.15, -0.1) is 11.3 Å². The highest BCUT2D eigenvalue weighted by Crippen LogP contribution is 2.29. The maximum Gasteiger partial charge on any atom is 0.275 e. The van der Waals surface area contributed by atoms with Gasteiger partial charge in [0.15, 0.2) is 0 Å². The van der Waals surface area contributed by atoms with Gasteiger partial charge in [0, 0.05) is 18.0 Å². The first kappa shape index (κ1) is 18.2. The fourth-order valence-electron chi connectivity index (χ4n) is 2.25. The Kier molecular flexibility index (Phi) is 5.38. The largest absolute Gasteiger partial charge is 0.467 e. The van der Waals surface area contributed by atoms with Gasteiger partial charge in [-0.25, -0.2) is 17.7 Å². The lowest BCUT2D eigenvalue weighted by Gasteiger charge is -2.21. The maximum atomic E-state index is 13.2. The van der Waals surface area contributed by atoms with Crippen LogP contribution in [0.1, 0.15) is 17.6 Å². The molecule has 0 saturated carbocycles. The first-order chi connectivity index (χ1) is 12.5. The summed E-state index contributed by atoms with van der Waals surface area (Å²) in [4.78, 5) is 16.0. The van der Waals surface area contributed by atoms with E-state index in [0.717, 1.165) is 16.2 Å². The monoisotopic (exact) mass is 391 g/mol. The molecule has 0 aliphatic heterocycles. The zero-order valence-corrected chi connectivity index (χ0v) is 15.6. The Morgan fingerprint density at radius 2 is 2.08 bits per heavy atom. The number of aromatic nitrogens is 1. The first-order valence-corrected chi connectivity index (χ1v) is 10.0. The van der Waals surface area contributed by atoms with E-state index >= 15 is 0 Å². The summed E-state index contributed by atoms with van der Waals surface area (Å²) in [6.45, 7) is 1.74. The standard InChI is InChI=1S/C17H17N3O4S2/c1-13(21)19-11-15-7-8-17(25-15)26(22,23)20(12-14-5-4-10-24-14)16-6-2-3-9-18-16/h2-10H,11-12H2,1H3,(H,19,21). The third-order valence-corrected chi connectivity index (χ3v) is 6.78. The number of sulfonamides is 1. The number of furan rings is 1. The molecule has 0 fully saturated rings. The Morgan fingerprint density at radius 1 is 1.23 bits per heavy atom. The molecule has 0 aromatic carbocycles. The van der Waals surface area contributed by atoms with Crippen LogP contribution in [0.5, 0.6) is 0 Å². The minimum absolute atomic E-state index is 0.0330. The SMILES string of the molecule is CC(=O)NCc1ccc(S(=O)(=O)N(Cc2ccco2)c2ccccn2)s1. The molecule has 0 saturated heterocycles. The van der Waals surface area contributed by atoms with Crippen LogP contribution in [-0.2, 0) is 27.9 Å². The third-order valence-electron chi connectivity index (χ3n) is 3.48. The highest BCUT2D eigenvalue weighted by Gasteiger charge is 2.28. The first-order valence-electron chi connectivity index (χ1n) is 7.76. The van der Waals surface area contributed by atoms with Gasteiger partial charge in [0.25, 0.3) is 10.0 Å². The van der Waals surface area contributed by atoms with Crippen LogP contribution >= 0.6 is 11.3 Å². The summed E-state index contributed by atoms with van der Waals surface area (Å²) in [5, 5.41) is 2.66. The molecule has 3 rings (SSSR count). The summed E-state index contributed by atoms with van der Waals surface area (Å²) in [5.74, 6) is 0.644. The number of nitrogens with zero attached hydrogens (tertiary/aromatic N) is 2. The fraction of sp³-hybridized carbons (Fsp3) is 0.176. The van der Waals surface area contributed by atoms with Crippen molar-refractivity contribution >= 4 is 33.1 Å². The van der Waals surface area contributed by atoms with Gasteiger partial charge in [0.1, 0.15) is 15.8 Å². The van der Waals surface area contributed by atoms with Crippen molar-refractivity contribution in [2.75, 3.05) is 4.31 Å². The Labute approximate surface area is 155 Å². The smallest absolute Gasteiger partial charge is 0.275 e. The van der Waals surface area contributed by atoms with Crippen LogP contribution in [0.3, 0.4) is 0 Å². The molecule has 1 N–H and O–H groups in total. The number of rotatable bonds is 7. The van der Waals surface area contributed by atoms with Crippen LogP contribution < -0.4 is 9.62 Å². The molecule has 1 amide bonds. The molecule has 9 heteroatoms. The van der Waals surface area contributed by atoms with Gasteiger partial charge in [-0.3, -0.25) is 4.79 Å². The number of nitrogens with one attached hydrogen (secondary N) is 1. The average Bonchev–Trinajstić information content (AvgIpc) is 3.30. The lowest BCUT2D eigenvalue weighted by atomic mass is 10.4. The number of carbonyl (C=O) groups excluding carboxylic acids is 1. The molecule has 0 unspecified atom stereocenters. The molecule has 0 radical (unpaired) electrons. The molecule has 3 aromatic heterocycles. The van der Waals surface area contributed by atoms with E-state index in [1.165, 1.54) is 29.8 Å². The van der Waals surface area contributed by atoms with Crippen molar-refractivity contribution < 1.29 is 17.6 Å². The topological polar surface area (TPSA) is 92.5 Å². The minimum atomic E-state index is -3.83. The zero-order valence-electron chi connectivity index (χ0n) is 14.0. The zero-order chi connectivity index (χ0) is 18.6. The molecule has 0 aliphatic rings. The van der Waals surface area contributed by atoms with E-state index in [0.29, 0.717) is 11.6 Å². The van der Waals surface area contributed by atoms with Crippen molar-refractivity contribution in [1.82, 2.24) is 10.3 Å². The predicted molar refractivity (Wildman–Crippen MR) is 98.2 cm³/mol. The number of amides is 1. The van der Waals surface area contributed by atoms with E-state index in [2.05, 4.69) is 10.3 Å². The number of hydrogen-bond donors (Lipinski definition) is 1. The van der Waals surface area contributed by atoms with E-state index < -0.39 is 10.0 Å². The van der Waals surface area contributed by atoms with Crippen molar-refractivity contribution in [2.45, 2.75) is 24.2 Å². The van der Waals surface area contributed by atoms with Gasteiger partial charge < -0.3 is 9.73 Å². The van der Waals surface area contributed by atoms with Gasteiger partial charge in [0.05, 0.1) is 19.4 Å². The summed E-state index contributed by atoms with van der Waals surface area (Å²) in [6.07, 6.45) is 3.03.